The summed E-state index contributed by atoms with van der Waals surface area (Å²) >= 11 is 3.72. The molecule has 0 unspecified atom stereocenters. The van der Waals surface area contributed by atoms with Gasteiger partial charge in [0.1, 0.15) is 0 Å². The molecule has 0 saturated heterocycles. The SMILES string of the molecule is CC(C)(C)c1cc(N(c2cc(C(C)(C)C)cc(C(C)(C)C)c2)c2cc3c4c(c2)N(c2cc(C(C)(C)C)cc(C(C)(C)C)c2)c2cc(N5c6ccccc6Sc6ccccc65)ccc2B4c2ccc(N4c5ccccc5Sc5ccccc54)cc2N3c2cc(C(C)(C)C)cc(C(C)(C)C)c2)cc(C(C)(C)C)c1. The molecule has 0 radical (unpaired) electrons. The third-order valence-corrected chi connectivity index (χ3v) is 24.6. The first kappa shape index (κ1) is 72.7. The molecule has 0 bridgehead atoms. The summed E-state index contributed by atoms with van der Waals surface area (Å²) in [6.07, 6.45) is 0. The van der Waals surface area contributed by atoms with Crippen LogP contribution in [0.3, 0.4) is 0 Å². The zero-order chi connectivity index (χ0) is 75.7. The van der Waals surface area contributed by atoms with E-state index in [4.69, 9.17) is 0 Å². The Morgan fingerprint density at radius 3 is 0.726 bits per heavy atom. The Labute approximate surface area is 644 Å². The van der Waals surface area contributed by atoms with Gasteiger partial charge in [-0.25, -0.2) is 0 Å². The Kier molecular flexibility index (Phi) is 17.4. The molecule has 5 nitrogen and oxygen atoms in total. The summed E-state index contributed by atoms with van der Waals surface area (Å²) in [5.74, 6) is 0. The van der Waals surface area contributed by atoms with Crippen LogP contribution in [0.1, 0.15) is 211 Å². The van der Waals surface area contributed by atoms with E-state index in [-0.39, 0.29) is 50.0 Å². The maximum Gasteiger partial charge on any atom is 0.252 e. The molecule has 0 atom stereocenters. The van der Waals surface area contributed by atoms with Gasteiger partial charge in [0.15, 0.2) is 0 Å². The topological polar surface area (TPSA) is 16.2 Å². The second-order valence-corrected chi connectivity index (χ2v) is 40.8. The van der Waals surface area contributed by atoms with E-state index in [1.807, 2.05) is 23.5 Å². The Bertz CT molecular complexity index is 4790. The predicted octanol–water partition coefficient (Wildman–Crippen LogP) is 27.5. The number of hydrogen-bond donors (Lipinski definition) is 0. The van der Waals surface area contributed by atoms with E-state index < -0.39 is 0 Å². The highest BCUT2D eigenvalue weighted by atomic mass is 32.2. The van der Waals surface area contributed by atoms with Crippen LogP contribution >= 0.6 is 23.5 Å². The smallest absolute Gasteiger partial charge is 0.252 e. The van der Waals surface area contributed by atoms with Crippen LogP contribution in [-0.4, -0.2) is 6.71 Å². The summed E-state index contributed by atoms with van der Waals surface area (Å²) < 4.78 is 0. The van der Waals surface area contributed by atoms with Gasteiger partial charge in [0.2, 0.25) is 0 Å². The van der Waals surface area contributed by atoms with Crippen LogP contribution in [0.2, 0.25) is 0 Å². The molecule has 8 heteroatoms. The molecule has 0 aromatic heterocycles. The van der Waals surface area contributed by atoms with Gasteiger partial charge in [0.25, 0.3) is 6.71 Å². The molecule has 4 aliphatic heterocycles. The molecule has 15 rings (SSSR count). The van der Waals surface area contributed by atoms with E-state index in [0.29, 0.717) is 0 Å². The quantitative estimate of drug-likeness (QED) is 0.146. The van der Waals surface area contributed by atoms with Gasteiger partial charge in [0.05, 0.1) is 28.4 Å². The summed E-state index contributed by atoms with van der Waals surface area (Å²) in [7, 11) is 0. The van der Waals surface area contributed by atoms with Crippen molar-refractivity contribution < 1.29 is 0 Å². The Balaban J connectivity index is 1.15. The van der Waals surface area contributed by atoms with Gasteiger partial charge in [-0.05, 0) is 238 Å². The minimum Gasteiger partial charge on any atom is -0.311 e. The summed E-state index contributed by atoms with van der Waals surface area (Å²) in [5.41, 5.74) is 29.9. The average molecular weight is 1430 g/mol. The van der Waals surface area contributed by atoms with Gasteiger partial charge in [-0.3, -0.25) is 0 Å². The van der Waals surface area contributed by atoms with Crippen molar-refractivity contribution in [2.24, 2.45) is 0 Å². The summed E-state index contributed by atoms with van der Waals surface area (Å²) in [6.45, 7) is 57.0. The lowest BCUT2D eigenvalue weighted by Crippen LogP contribution is -2.61. The number of rotatable bonds is 7. The fourth-order valence-electron chi connectivity index (χ4n) is 15.8. The first-order chi connectivity index (χ1) is 49.6. The number of fused-ring (bicyclic) bond motifs is 8. The number of hydrogen-bond acceptors (Lipinski definition) is 7. The summed E-state index contributed by atoms with van der Waals surface area (Å²) in [4.78, 5) is 18.1. The van der Waals surface area contributed by atoms with Crippen molar-refractivity contribution in [3.63, 3.8) is 0 Å². The second kappa shape index (κ2) is 25.4. The first-order valence-electron chi connectivity index (χ1n) is 38.4. The standard InChI is InChI=1S/C98H108BN5S2/c1-91(2,3)61-45-62(92(4,5)6)50-71(49-61)100(72-51-63(93(7,8)9)46-64(52-72)94(10,11)12)75-59-84-90-85(60-75)104(74-55-67(97(19,20)21)48-68(56-74)98(22,23)24)83-58-70(102-80-35-27-31-39-88(80)106-89-40-32-28-36-81(89)102)42-44-77(83)99(90)76-43-41-69(101-78-33-25-29-37-86(78)105-87-38-30-26-34-79(87)101)57-82(76)103(84)73-53-65(95(13,14)15)47-66(54-73)96(16,17)18/h25-60H,1-24H3. The lowest BCUT2D eigenvalue weighted by atomic mass is 9.33. The normalized spacial score (nSPS) is 14.4. The van der Waals surface area contributed by atoms with Gasteiger partial charge >= 0.3 is 0 Å². The van der Waals surface area contributed by atoms with Crippen LogP contribution in [-0.2, 0) is 43.3 Å². The van der Waals surface area contributed by atoms with Gasteiger partial charge in [0, 0.05) is 76.5 Å². The van der Waals surface area contributed by atoms with Gasteiger partial charge in [-0.2, -0.15) is 0 Å². The van der Waals surface area contributed by atoms with Gasteiger partial charge < -0.3 is 24.5 Å². The van der Waals surface area contributed by atoms with Crippen molar-refractivity contribution in [2.45, 2.75) is 229 Å². The molecular weight excluding hydrogens is 1320 g/mol. The zero-order valence-corrected chi connectivity index (χ0v) is 69.0. The van der Waals surface area contributed by atoms with Crippen molar-refractivity contribution in [1.82, 2.24) is 0 Å². The highest BCUT2D eigenvalue weighted by molar-refractivity contribution is 8.00. The van der Waals surface area contributed by atoms with E-state index in [1.54, 1.807) is 0 Å². The maximum absolute atomic E-state index is 2.72. The molecule has 0 saturated carbocycles. The van der Waals surface area contributed by atoms with Crippen LogP contribution < -0.4 is 40.9 Å². The largest absolute Gasteiger partial charge is 0.311 e. The van der Waals surface area contributed by atoms with E-state index >= 15 is 0 Å². The van der Waals surface area contributed by atoms with E-state index in [1.165, 1.54) is 103 Å². The van der Waals surface area contributed by atoms with Crippen molar-refractivity contribution >= 4 is 132 Å². The highest BCUT2D eigenvalue weighted by Crippen LogP contribution is 2.57. The molecule has 540 valence electrons. The molecular formula is C98H108BN5S2. The first-order valence-corrected chi connectivity index (χ1v) is 40.0. The van der Waals surface area contributed by atoms with E-state index in [9.17, 15) is 0 Å². The van der Waals surface area contributed by atoms with Gasteiger partial charge in [-0.15, -0.1) is 0 Å². The van der Waals surface area contributed by atoms with Crippen LogP contribution in [0.4, 0.5) is 85.3 Å². The number of benzene rings is 11. The molecule has 4 aliphatic rings. The zero-order valence-electron chi connectivity index (χ0n) is 67.4. The third kappa shape index (κ3) is 13.2. The minimum absolute atomic E-state index is 0.176. The van der Waals surface area contributed by atoms with Gasteiger partial charge in [-0.1, -0.05) is 275 Å². The third-order valence-electron chi connectivity index (χ3n) is 22.3. The fraction of sp³-hybridized carbons (Fsp3) is 0.327. The Morgan fingerprint density at radius 1 is 0.226 bits per heavy atom. The minimum atomic E-state index is -0.227. The molecule has 0 aliphatic carbocycles. The number of nitrogens with zero attached hydrogens (tertiary/aromatic N) is 5. The van der Waals surface area contributed by atoms with E-state index in [2.05, 4.69) is 409 Å². The predicted molar refractivity (Wildman–Crippen MR) is 462 cm³/mol. The summed E-state index contributed by atoms with van der Waals surface area (Å²) in [5, 5.41) is 0. The van der Waals surface area contributed by atoms with Crippen LogP contribution in [0, 0.1) is 0 Å². The molecule has 106 heavy (non-hydrogen) atoms. The summed E-state index contributed by atoms with van der Waals surface area (Å²) in [6, 6.07) is 86.3. The molecule has 0 N–H and O–H groups in total. The van der Waals surface area contributed by atoms with Crippen LogP contribution in [0.5, 0.6) is 0 Å². The molecule has 0 amide bonds. The molecule has 11 aromatic carbocycles. The maximum atomic E-state index is 2.72. The van der Waals surface area contributed by atoms with Crippen LogP contribution in [0.25, 0.3) is 0 Å². The lowest BCUT2D eigenvalue weighted by Gasteiger charge is -2.46. The lowest BCUT2D eigenvalue weighted by molar-refractivity contribution is 0.567. The average Bonchev–Trinajstić information content (AvgIpc) is 0.688. The monoisotopic (exact) mass is 1430 g/mol. The van der Waals surface area contributed by atoms with Crippen molar-refractivity contribution in [2.75, 3.05) is 24.5 Å². The fourth-order valence-corrected chi connectivity index (χ4v) is 17.9. The number of para-hydroxylation sites is 4. The number of anilines is 15. The molecule has 11 aromatic rings. The molecule has 4 heterocycles. The van der Waals surface area contributed by atoms with Crippen molar-refractivity contribution in [3.8, 4) is 0 Å². The molecule has 0 fully saturated rings. The second-order valence-electron chi connectivity index (χ2n) is 38.6. The van der Waals surface area contributed by atoms with Crippen molar-refractivity contribution in [1.29, 1.82) is 0 Å². The highest BCUT2D eigenvalue weighted by Gasteiger charge is 2.46. The molecule has 0 spiro atoms. The van der Waals surface area contributed by atoms with E-state index in [0.717, 1.165) is 62.6 Å². The Hall–Kier alpha value is -8.82. The van der Waals surface area contributed by atoms with Crippen LogP contribution in [0.15, 0.2) is 238 Å². The van der Waals surface area contributed by atoms with Crippen molar-refractivity contribution in [3.05, 3.63) is 263 Å². The Morgan fingerprint density at radius 2 is 0.462 bits per heavy atom.